The fraction of sp³-hybridized carbons (Fsp3) is 0.160. The number of aromatic nitrogens is 1. The van der Waals surface area contributed by atoms with Crippen LogP contribution in [0.25, 0.3) is 5.76 Å². The lowest BCUT2D eigenvalue weighted by atomic mass is 9.95. The maximum Gasteiger partial charge on any atom is 0.300 e. The number of aromatic hydroxyl groups is 1. The summed E-state index contributed by atoms with van der Waals surface area (Å²) in [7, 11) is 1.91. The summed E-state index contributed by atoms with van der Waals surface area (Å²) in [5.74, 6) is -1.46. The van der Waals surface area contributed by atoms with Crippen molar-refractivity contribution < 1.29 is 24.5 Å². The molecule has 8 nitrogen and oxygen atoms in total. The molecule has 0 saturated carbocycles. The van der Waals surface area contributed by atoms with E-state index in [1.807, 2.05) is 11.9 Å². The highest BCUT2D eigenvalue weighted by molar-refractivity contribution is 6.51. The third-order valence-electron chi connectivity index (χ3n) is 5.91. The number of anilines is 2. The first-order chi connectivity index (χ1) is 16.0. The van der Waals surface area contributed by atoms with Crippen molar-refractivity contribution in [1.29, 1.82) is 0 Å². The molecule has 166 valence electrons. The second kappa shape index (κ2) is 7.98. The van der Waals surface area contributed by atoms with E-state index in [-0.39, 0.29) is 22.8 Å². The number of hydrogen-bond acceptors (Lipinski definition) is 7. The van der Waals surface area contributed by atoms with Crippen molar-refractivity contribution in [2.75, 3.05) is 30.0 Å². The van der Waals surface area contributed by atoms with Gasteiger partial charge in [0, 0.05) is 25.0 Å². The zero-order valence-electron chi connectivity index (χ0n) is 17.8. The van der Waals surface area contributed by atoms with Crippen LogP contribution in [0.1, 0.15) is 17.2 Å². The molecule has 2 aliphatic heterocycles. The minimum atomic E-state index is -0.961. The molecule has 2 aliphatic rings. The van der Waals surface area contributed by atoms with Gasteiger partial charge < -0.3 is 19.8 Å². The van der Waals surface area contributed by atoms with Crippen LogP contribution in [0, 0.1) is 0 Å². The lowest BCUT2D eigenvalue weighted by Crippen LogP contribution is -2.29. The Hall–Kier alpha value is -4.33. The predicted octanol–water partition coefficient (Wildman–Crippen LogP) is 3.24. The Morgan fingerprint density at radius 2 is 1.91 bits per heavy atom. The SMILES string of the molecule is CN1CCOc2ccc(/C(O)=C3/C(=O)C(=O)N(c4ccccc4O)C3c3cccnc3)cc21. The third kappa shape index (κ3) is 3.36. The number of fused-ring (bicyclic) bond motifs is 1. The number of Topliss-reactive ketones (excluding diaryl/α,β-unsaturated/α-hetero) is 1. The molecule has 2 N–H and O–H groups in total. The maximum absolute atomic E-state index is 13.2. The van der Waals surface area contributed by atoms with Crippen molar-refractivity contribution >= 4 is 28.8 Å². The van der Waals surface area contributed by atoms with Gasteiger partial charge >= 0.3 is 0 Å². The Balaban J connectivity index is 1.71. The first kappa shape index (κ1) is 20.6. The van der Waals surface area contributed by atoms with E-state index in [0.717, 1.165) is 5.69 Å². The van der Waals surface area contributed by atoms with Crippen molar-refractivity contribution in [2.45, 2.75) is 6.04 Å². The lowest BCUT2D eigenvalue weighted by Gasteiger charge is -2.28. The van der Waals surface area contributed by atoms with Crippen LogP contribution in [0.4, 0.5) is 11.4 Å². The number of amides is 1. The summed E-state index contributed by atoms with van der Waals surface area (Å²) in [6.45, 7) is 1.24. The smallest absolute Gasteiger partial charge is 0.300 e. The average Bonchev–Trinajstić information content (AvgIpc) is 3.10. The van der Waals surface area contributed by atoms with E-state index in [4.69, 9.17) is 4.74 Å². The molecule has 1 saturated heterocycles. The molecule has 1 aromatic heterocycles. The van der Waals surface area contributed by atoms with Crippen molar-refractivity contribution in [3.8, 4) is 11.5 Å². The van der Waals surface area contributed by atoms with Gasteiger partial charge in [0.2, 0.25) is 0 Å². The number of carbonyl (C=O) groups excluding carboxylic acids is 2. The van der Waals surface area contributed by atoms with Crippen LogP contribution >= 0.6 is 0 Å². The average molecular weight is 443 g/mol. The number of likely N-dealkylation sites (N-methyl/N-ethyl adjacent to an activating group) is 1. The molecule has 3 aromatic rings. The van der Waals surface area contributed by atoms with Gasteiger partial charge in [-0.1, -0.05) is 18.2 Å². The Labute approximate surface area is 190 Å². The Kier molecular flexibility index (Phi) is 4.97. The van der Waals surface area contributed by atoms with Crippen molar-refractivity contribution in [2.24, 2.45) is 0 Å². The first-order valence-electron chi connectivity index (χ1n) is 10.4. The second-order valence-electron chi connectivity index (χ2n) is 7.90. The minimum absolute atomic E-state index is 0.0735. The monoisotopic (exact) mass is 443 g/mol. The van der Waals surface area contributed by atoms with Crippen LogP contribution < -0.4 is 14.5 Å². The summed E-state index contributed by atoms with van der Waals surface area (Å²) in [5, 5.41) is 21.7. The lowest BCUT2D eigenvalue weighted by molar-refractivity contribution is -0.132. The summed E-state index contributed by atoms with van der Waals surface area (Å²) < 4.78 is 5.67. The van der Waals surface area contributed by atoms with Crippen LogP contribution in [0.5, 0.6) is 11.5 Å². The molecule has 2 aromatic carbocycles. The summed E-state index contributed by atoms with van der Waals surface area (Å²) >= 11 is 0. The van der Waals surface area contributed by atoms with Crippen molar-refractivity contribution in [3.63, 3.8) is 0 Å². The summed E-state index contributed by atoms with van der Waals surface area (Å²) in [6.07, 6.45) is 3.11. The maximum atomic E-state index is 13.2. The topological polar surface area (TPSA) is 103 Å². The predicted molar refractivity (Wildman–Crippen MR) is 122 cm³/mol. The van der Waals surface area contributed by atoms with E-state index < -0.39 is 17.7 Å². The highest BCUT2D eigenvalue weighted by atomic mass is 16.5. The molecule has 1 unspecified atom stereocenters. The fourth-order valence-corrected chi connectivity index (χ4v) is 4.26. The number of aliphatic hydroxyl groups excluding tert-OH is 1. The fourth-order valence-electron chi connectivity index (χ4n) is 4.26. The van der Waals surface area contributed by atoms with Crippen LogP contribution in [0.15, 0.2) is 72.6 Å². The largest absolute Gasteiger partial charge is 0.507 e. The van der Waals surface area contributed by atoms with E-state index in [0.29, 0.717) is 30.0 Å². The number of phenolic OH excluding ortho intramolecular Hbond substituents is 1. The molecule has 33 heavy (non-hydrogen) atoms. The summed E-state index contributed by atoms with van der Waals surface area (Å²) in [5.41, 5.74) is 1.79. The van der Waals surface area contributed by atoms with Gasteiger partial charge in [-0.25, -0.2) is 0 Å². The molecule has 3 heterocycles. The standard InChI is InChI=1S/C25H21N3O5/c1-27-11-12-33-20-9-8-15(13-18(20)27)23(30)21-22(16-5-4-10-26-14-16)28(25(32)24(21)31)17-6-2-3-7-19(17)29/h2-10,13-14,22,29-30H,11-12H2,1H3/b23-21-. The Morgan fingerprint density at radius 3 is 2.67 bits per heavy atom. The summed E-state index contributed by atoms with van der Waals surface area (Å²) in [4.78, 5) is 33.7. The third-order valence-corrected chi connectivity index (χ3v) is 5.91. The minimum Gasteiger partial charge on any atom is -0.507 e. The van der Waals surface area contributed by atoms with Gasteiger partial charge in [-0.15, -0.1) is 0 Å². The number of pyridine rings is 1. The number of benzene rings is 2. The van der Waals surface area contributed by atoms with Crippen LogP contribution in [0.3, 0.4) is 0 Å². The Morgan fingerprint density at radius 1 is 1.09 bits per heavy atom. The number of hydrogen-bond donors (Lipinski definition) is 2. The van der Waals surface area contributed by atoms with E-state index in [1.165, 1.54) is 17.2 Å². The molecule has 5 rings (SSSR count). The molecular weight excluding hydrogens is 422 g/mol. The number of rotatable bonds is 3. The molecule has 0 bridgehead atoms. The molecular formula is C25H21N3O5. The zero-order valence-corrected chi connectivity index (χ0v) is 17.8. The number of nitrogens with zero attached hydrogens (tertiary/aromatic N) is 3. The van der Waals surface area contributed by atoms with Gasteiger partial charge in [-0.05, 0) is 42.0 Å². The first-order valence-corrected chi connectivity index (χ1v) is 10.4. The molecule has 1 fully saturated rings. The summed E-state index contributed by atoms with van der Waals surface area (Å²) in [6, 6.07) is 13.8. The van der Waals surface area contributed by atoms with E-state index in [2.05, 4.69) is 4.98 Å². The van der Waals surface area contributed by atoms with Crippen LogP contribution in [-0.2, 0) is 9.59 Å². The zero-order chi connectivity index (χ0) is 23.1. The second-order valence-corrected chi connectivity index (χ2v) is 7.90. The van der Waals surface area contributed by atoms with Gasteiger partial charge in [0.05, 0.1) is 29.5 Å². The van der Waals surface area contributed by atoms with E-state index in [9.17, 15) is 19.8 Å². The highest BCUT2D eigenvalue weighted by Gasteiger charge is 2.47. The number of para-hydroxylation sites is 2. The highest BCUT2D eigenvalue weighted by Crippen LogP contribution is 2.45. The van der Waals surface area contributed by atoms with Gasteiger partial charge in [0.1, 0.15) is 23.9 Å². The quantitative estimate of drug-likeness (QED) is 0.364. The van der Waals surface area contributed by atoms with E-state index >= 15 is 0 Å². The van der Waals surface area contributed by atoms with Crippen molar-refractivity contribution in [3.05, 3.63) is 83.7 Å². The molecule has 0 spiro atoms. The van der Waals surface area contributed by atoms with Gasteiger partial charge in [-0.3, -0.25) is 19.5 Å². The number of carbonyl (C=O) groups is 2. The normalized spacial score (nSPS) is 19.4. The number of ether oxygens (including phenoxy) is 1. The number of phenols is 1. The molecule has 1 amide bonds. The molecule has 1 atom stereocenters. The van der Waals surface area contributed by atoms with Gasteiger partial charge in [0.15, 0.2) is 0 Å². The van der Waals surface area contributed by atoms with Gasteiger partial charge in [-0.2, -0.15) is 0 Å². The molecule has 8 heteroatoms. The molecule has 0 aliphatic carbocycles. The number of aliphatic hydroxyl groups is 1. The van der Waals surface area contributed by atoms with Crippen LogP contribution in [-0.4, -0.2) is 47.1 Å². The molecule has 0 radical (unpaired) electrons. The Bertz CT molecular complexity index is 1290. The van der Waals surface area contributed by atoms with Crippen LogP contribution in [0.2, 0.25) is 0 Å². The van der Waals surface area contributed by atoms with Gasteiger partial charge in [0.25, 0.3) is 11.7 Å². The number of ketones is 1. The van der Waals surface area contributed by atoms with E-state index in [1.54, 1.807) is 54.7 Å². The van der Waals surface area contributed by atoms with Crippen molar-refractivity contribution in [1.82, 2.24) is 4.98 Å².